The molecule has 2 aliphatic carbocycles. The van der Waals surface area contributed by atoms with Crippen LogP contribution in [0.4, 0.5) is 10.5 Å². The van der Waals surface area contributed by atoms with Gasteiger partial charge in [-0.3, -0.25) is 10.2 Å². The van der Waals surface area contributed by atoms with Crippen molar-refractivity contribution in [1.29, 1.82) is 5.41 Å². The van der Waals surface area contributed by atoms with E-state index in [1.165, 1.54) is 29.2 Å². The number of alkyl carbamates (subject to hydrolysis) is 1. The summed E-state index contributed by atoms with van der Waals surface area (Å²) in [7, 11) is 0. The third kappa shape index (κ3) is 7.48. The number of nitrogens with zero attached hydrogens (tertiary/aromatic N) is 1. The topological polar surface area (TPSA) is 121 Å². The maximum absolute atomic E-state index is 15.0. The number of nitrogens with two attached hydrogens (primary N) is 1. The van der Waals surface area contributed by atoms with E-state index in [0.717, 1.165) is 69.0 Å². The standard InChI is InChI=1S/C40H53N5O3/c1-39(2,3)48-38(47)44-34-20-18-33(19-21-34)43-37(46)40(32-12-6-4-5-7-13-32)26-31-17-16-30(36(41)42)25-35(31)45(40)23-22-27-14-15-28-10-8-9-11-29(28)24-27/h8-11,14-17,24-25,32-34H,4-7,12-13,18-23,26H2,1-3H3,(H3,41,42)(H,43,46)(H,44,47). The van der Waals surface area contributed by atoms with E-state index in [4.69, 9.17) is 15.9 Å². The number of fused-ring (bicyclic) bond motifs is 2. The fraction of sp³-hybridized carbons (Fsp3) is 0.525. The Morgan fingerprint density at radius 2 is 1.54 bits per heavy atom. The molecule has 1 unspecified atom stereocenters. The fourth-order valence-corrected chi connectivity index (χ4v) is 8.36. The van der Waals surface area contributed by atoms with Gasteiger partial charge >= 0.3 is 6.09 Å². The van der Waals surface area contributed by atoms with E-state index in [1.807, 2.05) is 32.9 Å². The highest BCUT2D eigenvalue weighted by atomic mass is 16.6. The first-order chi connectivity index (χ1) is 23.0. The van der Waals surface area contributed by atoms with Crippen molar-refractivity contribution < 1.29 is 14.3 Å². The van der Waals surface area contributed by atoms with Crippen LogP contribution in [0.15, 0.2) is 60.7 Å². The number of nitrogens with one attached hydrogen (secondary N) is 3. The third-order valence-corrected chi connectivity index (χ3v) is 10.8. The number of nitrogen functional groups attached to an aromatic ring is 1. The molecule has 5 N–H and O–H groups in total. The summed E-state index contributed by atoms with van der Waals surface area (Å²) in [5.41, 5.74) is 8.88. The minimum Gasteiger partial charge on any atom is -0.444 e. The zero-order valence-electron chi connectivity index (χ0n) is 28.9. The van der Waals surface area contributed by atoms with Gasteiger partial charge in [-0.05, 0) is 99.6 Å². The van der Waals surface area contributed by atoms with Crippen LogP contribution in [0.2, 0.25) is 0 Å². The van der Waals surface area contributed by atoms with Crippen molar-refractivity contribution in [3.8, 4) is 0 Å². The lowest BCUT2D eigenvalue weighted by Crippen LogP contribution is -2.64. The van der Waals surface area contributed by atoms with Gasteiger partial charge in [0.25, 0.3) is 0 Å². The molecule has 1 atom stereocenters. The molecule has 2 amide bonds. The van der Waals surface area contributed by atoms with E-state index < -0.39 is 11.1 Å². The van der Waals surface area contributed by atoms with Crippen LogP contribution < -0.4 is 21.3 Å². The van der Waals surface area contributed by atoms with E-state index in [9.17, 15) is 4.79 Å². The summed E-state index contributed by atoms with van der Waals surface area (Å²) >= 11 is 0. The summed E-state index contributed by atoms with van der Waals surface area (Å²) < 4.78 is 5.49. The van der Waals surface area contributed by atoms with Crippen LogP contribution in [0, 0.1) is 11.3 Å². The summed E-state index contributed by atoms with van der Waals surface area (Å²) in [5.74, 6) is 0.382. The van der Waals surface area contributed by atoms with Crippen molar-refractivity contribution >= 4 is 34.3 Å². The molecule has 3 aromatic carbocycles. The van der Waals surface area contributed by atoms with Crippen molar-refractivity contribution in [2.24, 2.45) is 11.7 Å². The summed E-state index contributed by atoms with van der Waals surface area (Å²) in [4.78, 5) is 29.9. The minimum absolute atomic E-state index is 0.0421. The molecule has 0 saturated heterocycles. The number of amides is 2. The van der Waals surface area contributed by atoms with Crippen LogP contribution in [0.1, 0.15) is 102 Å². The first-order valence-electron chi connectivity index (χ1n) is 18.0. The molecular formula is C40H53N5O3. The lowest BCUT2D eigenvalue weighted by Gasteiger charge is -2.46. The van der Waals surface area contributed by atoms with E-state index >= 15 is 4.79 Å². The number of carbonyl (C=O) groups excluding carboxylic acids is 2. The second-order valence-electron chi connectivity index (χ2n) is 15.3. The van der Waals surface area contributed by atoms with Gasteiger partial charge in [0.2, 0.25) is 5.91 Å². The minimum atomic E-state index is -0.718. The number of rotatable bonds is 8. The van der Waals surface area contributed by atoms with Gasteiger partial charge in [-0.2, -0.15) is 0 Å². The second-order valence-corrected chi connectivity index (χ2v) is 15.3. The summed E-state index contributed by atoms with van der Waals surface area (Å²) in [6, 6.07) is 21.3. The maximum atomic E-state index is 15.0. The van der Waals surface area contributed by atoms with Gasteiger partial charge in [-0.1, -0.05) is 80.3 Å². The first-order valence-corrected chi connectivity index (χ1v) is 18.0. The van der Waals surface area contributed by atoms with Crippen molar-refractivity contribution in [2.45, 2.75) is 121 Å². The molecule has 3 aromatic rings. The Kier molecular flexibility index (Phi) is 10.00. The van der Waals surface area contributed by atoms with Crippen LogP contribution in [0.5, 0.6) is 0 Å². The van der Waals surface area contributed by atoms with Crippen molar-refractivity contribution in [3.63, 3.8) is 0 Å². The van der Waals surface area contributed by atoms with E-state index in [0.29, 0.717) is 18.5 Å². The molecule has 2 saturated carbocycles. The normalized spacial score (nSPS) is 23.3. The Hall–Kier alpha value is -4.07. The van der Waals surface area contributed by atoms with Gasteiger partial charge in [0.05, 0.1) is 0 Å². The highest BCUT2D eigenvalue weighted by Gasteiger charge is 2.54. The summed E-state index contributed by atoms with van der Waals surface area (Å²) in [6.07, 6.45) is 11.0. The number of hydrogen-bond donors (Lipinski definition) is 4. The Balaban J connectivity index is 1.27. The fourth-order valence-electron chi connectivity index (χ4n) is 8.36. The monoisotopic (exact) mass is 651 g/mol. The van der Waals surface area contributed by atoms with Gasteiger partial charge in [0.1, 0.15) is 17.0 Å². The predicted molar refractivity (Wildman–Crippen MR) is 194 cm³/mol. The van der Waals surface area contributed by atoms with Crippen LogP contribution in [-0.4, -0.2) is 47.6 Å². The molecule has 8 nitrogen and oxygen atoms in total. The van der Waals surface area contributed by atoms with Gasteiger partial charge in [0.15, 0.2) is 0 Å². The van der Waals surface area contributed by atoms with Gasteiger partial charge in [-0.25, -0.2) is 4.79 Å². The Morgan fingerprint density at radius 1 is 0.875 bits per heavy atom. The predicted octanol–water partition coefficient (Wildman–Crippen LogP) is 7.39. The molecule has 3 aliphatic rings. The highest BCUT2D eigenvalue weighted by molar-refractivity contribution is 5.98. The van der Waals surface area contributed by atoms with Crippen molar-refractivity contribution in [1.82, 2.24) is 10.6 Å². The average Bonchev–Trinajstić information content (AvgIpc) is 3.16. The number of amidine groups is 1. The number of carbonyl (C=O) groups is 2. The molecule has 6 rings (SSSR count). The Bertz CT molecular complexity index is 1630. The second kappa shape index (κ2) is 14.2. The highest BCUT2D eigenvalue weighted by Crippen LogP contribution is 2.48. The van der Waals surface area contributed by atoms with Crippen molar-refractivity contribution in [3.05, 3.63) is 77.4 Å². The number of hydrogen-bond acceptors (Lipinski definition) is 5. The SMILES string of the molecule is CC(C)(C)OC(=O)NC1CCC(NC(=O)C2(C3CCCCCC3)Cc3ccc(C(=N)N)cc3N2CCc2ccc3ccccc3c2)CC1. The van der Waals surface area contributed by atoms with E-state index in [1.54, 1.807) is 0 Å². The molecule has 0 spiro atoms. The van der Waals surface area contributed by atoms with Crippen LogP contribution in [0.3, 0.4) is 0 Å². The molecule has 8 heteroatoms. The smallest absolute Gasteiger partial charge is 0.407 e. The average molecular weight is 652 g/mol. The number of ether oxygens (including phenoxy) is 1. The van der Waals surface area contributed by atoms with Crippen molar-refractivity contribution in [2.75, 3.05) is 11.4 Å². The zero-order chi connectivity index (χ0) is 33.9. The summed E-state index contributed by atoms with van der Waals surface area (Å²) in [5, 5.41) is 17.3. The molecule has 0 bridgehead atoms. The molecule has 48 heavy (non-hydrogen) atoms. The molecule has 1 aliphatic heterocycles. The molecule has 2 fully saturated rings. The number of anilines is 1. The van der Waals surface area contributed by atoms with E-state index in [2.05, 4.69) is 64.1 Å². The van der Waals surface area contributed by atoms with Gasteiger partial charge in [-0.15, -0.1) is 0 Å². The molecule has 0 aromatic heterocycles. The van der Waals surface area contributed by atoms with Crippen LogP contribution in [-0.2, 0) is 22.4 Å². The van der Waals surface area contributed by atoms with Crippen LogP contribution in [0.25, 0.3) is 10.8 Å². The van der Waals surface area contributed by atoms with Gasteiger partial charge in [0, 0.05) is 36.3 Å². The van der Waals surface area contributed by atoms with Crippen LogP contribution >= 0.6 is 0 Å². The Morgan fingerprint density at radius 3 is 2.21 bits per heavy atom. The first kappa shape index (κ1) is 33.8. The maximum Gasteiger partial charge on any atom is 0.407 e. The third-order valence-electron chi connectivity index (χ3n) is 10.8. The van der Waals surface area contributed by atoms with E-state index in [-0.39, 0.29) is 35.8 Å². The Labute approximate surface area is 285 Å². The lowest BCUT2D eigenvalue weighted by molar-refractivity contribution is -0.129. The molecule has 0 radical (unpaired) electrons. The molecule has 256 valence electrons. The lowest BCUT2D eigenvalue weighted by atomic mass is 9.75. The largest absolute Gasteiger partial charge is 0.444 e. The zero-order valence-corrected chi connectivity index (χ0v) is 28.9. The molecular weight excluding hydrogens is 598 g/mol. The summed E-state index contributed by atoms with van der Waals surface area (Å²) in [6.45, 7) is 6.31. The number of benzene rings is 3. The molecule has 1 heterocycles. The quantitative estimate of drug-likeness (QED) is 0.115. The van der Waals surface area contributed by atoms with Gasteiger partial charge < -0.3 is 26.0 Å².